The number of carbonyl (C=O) groups excluding carboxylic acids is 1. The maximum atomic E-state index is 13.8. The molecule has 35 heavy (non-hydrogen) atoms. The number of nitrogens with zero attached hydrogens (tertiary/aromatic N) is 1. The molecule has 0 radical (unpaired) electrons. The van der Waals surface area contributed by atoms with Gasteiger partial charge in [-0.15, -0.1) is 0 Å². The van der Waals surface area contributed by atoms with Crippen molar-refractivity contribution in [1.29, 1.82) is 0 Å². The average Bonchev–Trinajstić information content (AvgIpc) is 3.57. The molecule has 2 aromatic carbocycles. The van der Waals surface area contributed by atoms with Crippen molar-refractivity contribution < 1.29 is 27.4 Å². The van der Waals surface area contributed by atoms with Crippen LogP contribution in [0.3, 0.4) is 0 Å². The molecule has 1 saturated carbocycles. The zero-order valence-corrected chi connectivity index (χ0v) is 20.1. The predicted molar refractivity (Wildman–Crippen MR) is 128 cm³/mol. The number of benzene rings is 2. The Morgan fingerprint density at radius 2 is 1.86 bits per heavy atom. The number of hydrogen-bond acceptors (Lipinski definition) is 3. The van der Waals surface area contributed by atoms with E-state index in [4.69, 9.17) is 9.47 Å². The Labute approximate surface area is 203 Å². The molecule has 0 amide bonds. The molecule has 1 unspecified atom stereocenters. The summed E-state index contributed by atoms with van der Waals surface area (Å²) in [7, 11) is 1.41. The summed E-state index contributed by atoms with van der Waals surface area (Å²) in [6.45, 7) is 2.96. The molecule has 4 nitrogen and oxygen atoms in total. The number of methoxy groups -OCH3 is 1. The van der Waals surface area contributed by atoms with Crippen LogP contribution in [0.1, 0.15) is 78.3 Å². The van der Waals surface area contributed by atoms with Gasteiger partial charge in [0.2, 0.25) is 0 Å². The van der Waals surface area contributed by atoms with Crippen LogP contribution in [-0.2, 0) is 28.9 Å². The van der Waals surface area contributed by atoms with Crippen LogP contribution in [0.25, 0.3) is 10.9 Å². The number of fused-ring (bicyclic) bond motifs is 3. The Hall–Kier alpha value is -2.96. The first-order chi connectivity index (χ1) is 16.8. The molecule has 1 aliphatic carbocycles. The maximum Gasteiger partial charge on any atom is 0.416 e. The van der Waals surface area contributed by atoms with E-state index in [1.807, 2.05) is 25.1 Å². The molecule has 5 rings (SSSR count). The number of aromatic nitrogens is 1. The molecule has 1 aromatic heterocycles. The van der Waals surface area contributed by atoms with Gasteiger partial charge in [-0.1, -0.05) is 25.0 Å². The molecule has 0 spiro atoms. The van der Waals surface area contributed by atoms with E-state index in [0.29, 0.717) is 23.3 Å². The van der Waals surface area contributed by atoms with E-state index in [2.05, 4.69) is 4.57 Å². The molecular formula is C28H30F3NO3. The van der Waals surface area contributed by atoms with E-state index >= 15 is 0 Å². The van der Waals surface area contributed by atoms with E-state index in [1.165, 1.54) is 13.2 Å². The molecule has 1 aliphatic heterocycles. The van der Waals surface area contributed by atoms with Gasteiger partial charge in [0.15, 0.2) is 0 Å². The second-order valence-corrected chi connectivity index (χ2v) is 9.80. The van der Waals surface area contributed by atoms with Crippen molar-refractivity contribution in [1.82, 2.24) is 4.57 Å². The molecule has 1 fully saturated rings. The number of esters is 1. The number of rotatable bonds is 6. The summed E-state index contributed by atoms with van der Waals surface area (Å²) in [5, 5.41) is 1.04. The van der Waals surface area contributed by atoms with Crippen LogP contribution in [0.4, 0.5) is 13.2 Å². The minimum absolute atomic E-state index is 0.00761. The lowest BCUT2D eigenvalue weighted by Gasteiger charge is -2.19. The highest BCUT2D eigenvalue weighted by molar-refractivity contribution is 5.87. The van der Waals surface area contributed by atoms with E-state index in [9.17, 15) is 18.0 Å². The highest BCUT2D eigenvalue weighted by atomic mass is 19.4. The quantitative estimate of drug-likeness (QED) is 0.345. The predicted octanol–water partition coefficient (Wildman–Crippen LogP) is 7.26. The third-order valence-corrected chi connectivity index (χ3v) is 7.69. The maximum absolute atomic E-state index is 13.8. The lowest BCUT2D eigenvalue weighted by atomic mass is 9.91. The van der Waals surface area contributed by atoms with E-state index in [-0.39, 0.29) is 24.4 Å². The second kappa shape index (κ2) is 9.25. The first-order valence-electron chi connectivity index (χ1n) is 12.3. The largest absolute Gasteiger partial charge is 0.489 e. The van der Waals surface area contributed by atoms with Crippen molar-refractivity contribution in [2.45, 2.75) is 76.6 Å². The van der Waals surface area contributed by atoms with E-state index < -0.39 is 11.7 Å². The van der Waals surface area contributed by atoms with Crippen LogP contribution in [-0.4, -0.2) is 17.6 Å². The molecule has 1 atom stereocenters. The average molecular weight is 486 g/mol. The van der Waals surface area contributed by atoms with Gasteiger partial charge in [0.1, 0.15) is 12.4 Å². The van der Waals surface area contributed by atoms with Gasteiger partial charge in [-0.05, 0) is 73.1 Å². The molecule has 3 aromatic rings. The Kier molecular flexibility index (Phi) is 6.28. The molecule has 2 aliphatic rings. The molecular weight excluding hydrogens is 455 g/mol. The Bertz CT molecular complexity index is 1250. The van der Waals surface area contributed by atoms with Crippen molar-refractivity contribution in [2.75, 3.05) is 7.11 Å². The highest BCUT2D eigenvalue weighted by Gasteiger charge is 2.36. The van der Waals surface area contributed by atoms with Gasteiger partial charge in [0, 0.05) is 29.1 Å². The molecule has 7 heteroatoms. The molecule has 0 bridgehead atoms. The summed E-state index contributed by atoms with van der Waals surface area (Å²) < 4.78 is 54.5. The summed E-state index contributed by atoms with van der Waals surface area (Å²) in [6, 6.07) is 10.5. The first kappa shape index (κ1) is 23.8. The minimum atomic E-state index is -4.38. The monoisotopic (exact) mass is 485 g/mol. The van der Waals surface area contributed by atoms with E-state index in [1.54, 1.807) is 12.1 Å². The van der Waals surface area contributed by atoms with Crippen molar-refractivity contribution in [3.63, 3.8) is 0 Å². The Morgan fingerprint density at radius 1 is 1.09 bits per heavy atom. The van der Waals surface area contributed by atoms with Gasteiger partial charge >= 0.3 is 12.1 Å². The van der Waals surface area contributed by atoms with Gasteiger partial charge in [-0.3, -0.25) is 4.79 Å². The second-order valence-electron chi connectivity index (χ2n) is 9.80. The minimum Gasteiger partial charge on any atom is -0.489 e. The van der Waals surface area contributed by atoms with Crippen LogP contribution >= 0.6 is 0 Å². The number of carbonyl (C=O) groups is 1. The SMILES string of the molecule is COC(=O)CC1CCn2c1c(C)c1cc(OCc3ccc(C4CCCC4)c(C(F)(F)F)c3)ccc12. The van der Waals surface area contributed by atoms with Gasteiger partial charge in [-0.25, -0.2) is 0 Å². The highest BCUT2D eigenvalue weighted by Crippen LogP contribution is 2.43. The van der Waals surface area contributed by atoms with Gasteiger partial charge < -0.3 is 14.0 Å². The normalized spacial score (nSPS) is 18.3. The number of halogens is 3. The fourth-order valence-corrected chi connectivity index (χ4v) is 5.98. The third kappa shape index (κ3) is 4.53. The Morgan fingerprint density at radius 3 is 2.57 bits per heavy atom. The molecule has 2 heterocycles. The van der Waals surface area contributed by atoms with Crippen LogP contribution in [0.5, 0.6) is 5.75 Å². The van der Waals surface area contributed by atoms with Gasteiger partial charge in [0.25, 0.3) is 0 Å². The zero-order chi connectivity index (χ0) is 24.7. The topological polar surface area (TPSA) is 40.5 Å². The fraction of sp³-hybridized carbons (Fsp3) is 0.464. The van der Waals surface area contributed by atoms with Gasteiger partial charge in [0.05, 0.1) is 19.1 Å². The summed E-state index contributed by atoms with van der Waals surface area (Å²) in [5.74, 6) is 0.516. The first-order valence-corrected chi connectivity index (χ1v) is 12.3. The number of hydrogen-bond donors (Lipinski definition) is 0. The van der Waals surface area contributed by atoms with E-state index in [0.717, 1.165) is 60.8 Å². The van der Waals surface area contributed by atoms with Crippen LogP contribution in [0, 0.1) is 6.92 Å². The van der Waals surface area contributed by atoms with Crippen molar-refractivity contribution in [2.24, 2.45) is 0 Å². The number of aryl methyl sites for hydroxylation is 2. The molecule has 0 N–H and O–H groups in total. The lowest BCUT2D eigenvalue weighted by molar-refractivity contribution is -0.141. The van der Waals surface area contributed by atoms with Crippen molar-refractivity contribution in [3.05, 3.63) is 64.3 Å². The third-order valence-electron chi connectivity index (χ3n) is 7.69. The van der Waals surface area contributed by atoms with Crippen LogP contribution in [0.2, 0.25) is 0 Å². The summed E-state index contributed by atoms with van der Waals surface area (Å²) in [4.78, 5) is 11.8. The molecule has 0 saturated heterocycles. The van der Waals surface area contributed by atoms with Gasteiger partial charge in [-0.2, -0.15) is 13.2 Å². The fourth-order valence-electron chi connectivity index (χ4n) is 5.98. The zero-order valence-electron chi connectivity index (χ0n) is 20.1. The number of ether oxygens (including phenoxy) is 2. The lowest BCUT2D eigenvalue weighted by Crippen LogP contribution is -2.12. The standard InChI is InChI=1S/C28H30F3NO3/c1-17-23-15-21(8-10-25(23)32-12-11-20(27(17)32)14-26(33)34-2)35-16-18-7-9-22(19-5-3-4-6-19)24(13-18)28(29,30)31/h7-10,13,15,19-20H,3-6,11-12,14,16H2,1-2H3. The summed E-state index contributed by atoms with van der Waals surface area (Å²) >= 11 is 0. The van der Waals surface area contributed by atoms with Crippen LogP contribution < -0.4 is 4.74 Å². The smallest absolute Gasteiger partial charge is 0.416 e. The van der Waals surface area contributed by atoms with Crippen LogP contribution in [0.15, 0.2) is 36.4 Å². The van der Waals surface area contributed by atoms with Crippen molar-refractivity contribution >= 4 is 16.9 Å². The molecule has 186 valence electrons. The van der Waals surface area contributed by atoms with Crippen molar-refractivity contribution in [3.8, 4) is 5.75 Å². The Balaban J connectivity index is 1.37. The number of alkyl halides is 3. The summed E-state index contributed by atoms with van der Waals surface area (Å²) in [5.41, 5.74) is 3.74. The summed E-state index contributed by atoms with van der Waals surface area (Å²) in [6.07, 6.45) is 0.495.